The Balaban J connectivity index is 1.90. The Morgan fingerprint density at radius 1 is 1.08 bits per heavy atom. The third-order valence-corrected chi connectivity index (χ3v) is 4.47. The summed E-state index contributed by atoms with van der Waals surface area (Å²) in [6.07, 6.45) is 1.19. The Labute approximate surface area is 156 Å². The van der Waals surface area contributed by atoms with E-state index in [1.807, 2.05) is 18.7 Å². The highest BCUT2D eigenvalue weighted by Crippen LogP contribution is 2.15. The summed E-state index contributed by atoms with van der Waals surface area (Å²) in [5.74, 6) is 0.735. The molecule has 0 atom stereocenters. The van der Waals surface area contributed by atoms with Crippen molar-refractivity contribution in [3.63, 3.8) is 0 Å². The molecular weight excluding hydrogens is 328 g/mol. The molecule has 2 N–H and O–H groups in total. The van der Waals surface area contributed by atoms with Crippen LogP contribution in [0.15, 0.2) is 24.3 Å². The normalized spacial score (nSPS) is 15.4. The number of urea groups is 1. The summed E-state index contributed by atoms with van der Waals surface area (Å²) in [5, 5.41) is 5.55. The monoisotopic (exact) mass is 360 g/mol. The number of carbonyl (C=O) groups excluding carboxylic acids is 2. The first kappa shape index (κ1) is 20.2. The Bertz CT molecular complexity index is 608. The van der Waals surface area contributed by atoms with Crippen LogP contribution in [0.4, 0.5) is 10.5 Å². The van der Waals surface area contributed by atoms with E-state index in [1.54, 1.807) is 24.3 Å². The van der Waals surface area contributed by atoms with Crippen molar-refractivity contribution < 1.29 is 9.59 Å². The molecule has 1 heterocycles. The number of hydrogen-bond acceptors (Lipinski definition) is 3. The molecule has 0 aromatic heterocycles. The number of anilines is 1. The summed E-state index contributed by atoms with van der Waals surface area (Å²) < 4.78 is 0. The maximum absolute atomic E-state index is 12.8. The van der Waals surface area contributed by atoms with Crippen molar-refractivity contribution in [2.75, 3.05) is 38.0 Å². The van der Waals surface area contributed by atoms with Gasteiger partial charge in [0.15, 0.2) is 0 Å². The van der Waals surface area contributed by atoms with Crippen molar-refractivity contribution in [2.45, 2.75) is 40.2 Å². The zero-order chi connectivity index (χ0) is 19.1. The quantitative estimate of drug-likeness (QED) is 0.820. The van der Waals surface area contributed by atoms with Crippen LogP contribution in [0.5, 0.6) is 0 Å². The number of nitrogens with zero attached hydrogens (tertiary/aromatic N) is 2. The van der Waals surface area contributed by atoms with E-state index in [9.17, 15) is 9.59 Å². The van der Waals surface area contributed by atoms with Gasteiger partial charge in [0.2, 0.25) is 0 Å². The minimum absolute atomic E-state index is 0.0291. The van der Waals surface area contributed by atoms with E-state index in [4.69, 9.17) is 0 Å². The summed E-state index contributed by atoms with van der Waals surface area (Å²) in [5.41, 5.74) is 1.24. The van der Waals surface area contributed by atoms with Crippen LogP contribution in [0.2, 0.25) is 0 Å². The van der Waals surface area contributed by atoms with Crippen molar-refractivity contribution in [3.8, 4) is 0 Å². The number of rotatable bonds is 6. The molecule has 0 radical (unpaired) electrons. The summed E-state index contributed by atoms with van der Waals surface area (Å²) in [6.45, 7) is 12.7. The van der Waals surface area contributed by atoms with Crippen molar-refractivity contribution in [2.24, 2.45) is 5.92 Å². The van der Waals surface area contributed by atoms with Gasteiger partial charge in [-0.05, 0) is 50.9 Å². The summed E-state index contributed by atoms with van der Waals surface area (Å²) in [7, 11) is 0. The third kappa shape index (κ3) is 6.33. The molecule has 1 aliphatic heterocycles. The molecule has 0 spiro atoms. The fourth-order valence-corrected chi connectivity index (χ4v) is 2.96. The molecule has 2 rings (SSSR count). The second-order valence-electron chi connectivity index (χ2n) is 7.65. The second-order valence-corrected chi connectivity index (χ2v) is 7.65. The Morgan fingerprint density at radius 2 is 1.77 bits per heavy atom. The van der Waals surface area contributed by atoms with Crippen molar-refractivity contribution in [1.82, 2.24) is 15.1 Å². The number of hydrogen-bond donors (Lipinski definition) is 2. The molecule has 26 heavy (non-hydrogen) atoms. The summed E-state index contributed by atoms with van der Waals surface area (Å²) in [6, 6.07) is 6.94. The molecule has 0 bridgehead atoms. The van der Waals surface area contributed by atoms with Gasteiger partial charge >= 0.3 is 6.03 Å². The zero-order valence-electron chi connectivity index (χ0n) is 16.4. The Hall–Kier alpha value is -2.08. The number of piperazine rings is 1. The van der Waals surface area contributed by atoms with Gasteiger partial charge in [0.1, 0.15) is 0 Å². The Kier molecular flexibility index (Phi) is 7.45. The first-order chi connectivity index (χ1) is 12.3. The van der Waals surface area contributed by atoms with Gasteiger partial charge in [-0.1, -0.05) is 19.9 Å². The van der Waals surface area contributed by atoms with Crippen LogP contribution >= 0.6 is 0 Å². The van der Waals surface area contributed by atoms with E-state index < -0.39 is 0 Å². The minimum atomic E-state index is -0.261. The first-order valence-electron chi connectivity index (χ1n) is 9.54. The molecule has 144 valence electrons. The predicted octanol–water partition coefficient (Wildman–Crippen LogP) is 3.02. The lowest BCUT2D eigenvalue weighted by Gasteiger charge is -2.35. The molecule has 0 saturated carbocycles. The average Bonchev–Trinajstić information content (AvgIpc) is 2.59. The third-order valence-electron chi connectivity index (χ3n) is 4.47. The van der Waals surface area contributed by atoms with Crippen LogP contribution in [0.25, 0.3) is 0 Å². The predicted molar refractivity (Wildman–Crippen MR) is 106 cm³/mol. The van der Waals surface area contributed by atoms with Crippen LogP contribution in [0.3, 0.4) is 0 Å². The van der Waals surface area contributed by atoms with Crippen LogP contribution in [0.1, 0.15) is 44.5 Å². The fourth-order valence-electron chi connectivity index (χ4n) is 2.96. The number of amides is 3. The van der Waals surface area contributed by atoms with Gasteiger partial charge in [0.25, 0.3) is 5.91 Å². The average molecular weight is 361 g/mol. The molecule has 0 aliphatic carbocycles. The second kappa shape index (κ2) is 9.57. The number of benzene rings is 1. The summed E-state index contributed by atoms with van der Waals surface area (Å²) >= 11 is 0. The highest BCUT2D eigenvalue weighted by atomic mass is 16.2. The number of carbonyl (C=O) groups is 2. The summed E-state index contributed by atoms with van der Waals surface area (Å²) in [4.78, 5) is 28.9. The van der Waals surface area contributed by atoms with E-state index in [0.717, 1.165) is 32.7 Å². The van der Waals surface area contributed by atoms with Crippen molar-refractivity contribution >= 4 is 17.6 Å². The lowest BCUT2D eigenvalue weighted by molar-refractivity contribution is 0.0632. The van der Waals surface area contributed by atoms with Crippen LogP contribution in [0, 0.1) is 5.92 Å². The van der Waals surface area contributed by atoms with E-state index in [2.05, 4.69) is 29.4 Å². The zero-order valence-corrected chi connectivity index (χ0v) is 16.4. The lowest BCUT2D eigenvalue weighted by Crippen LogP contribution is -2.49. The van der Waals surface area contributed by atoms with Gasteiger partial charge in [-0.3, -0.25) is 9.69 Å². The maximum atomic E-state index is 12.8. The smallest absolute Gasteiger partial charge is 0.319 e. The van der Waals surface area contributed by atoms with E-state index in [1.165, 1.54) is 6.42 Å². The molecule has 3 amide bonds. The SMILES string of the molecule is CC(C)CCN1CCN(C(=O)c2cccc(NC(=O)NC(C)C)c2)CC1. The standard InChI is InChI=1S/C20H32N4O2/c1-15(2)8-9-23-10-12-24(13-11-23)19(25)17-6-5-7-18(14-17)22-20(26)21-16(3)4/h5-7,14-16H,8-13H2,1-4H3,(H2,21,22,26). The van der Waals surface area contributed by atoms with E-state index in [0.29, 0.717) is 17.2 Å². The first-order valence-corrected chi connectivity index (χ1v) is 9.54. The van der Waals surface area contributed by atoms with Gasteiger partial charge in [0.05, 0.1) is 0 Å². The fraction of sp³-hybridized carbons (Fsp3) is 0.600. The van der Waals surface area contributed by atoms with Gasteiger partial charge in [-0.15, -0.1) is 0 Å². The largest absolute Gasteiger partial charge is 0.336 e. The van der Waals surface area contributed by atoms with Gasteiger partial charge in [-0.25, -0.2) is 4.79 Å². The number of nitrogens with one attached hydrogen (secondary N) is 2. The van der Waals surface area contributed by atoms with Crippen LogP contribution < -0.4 is 10.6 Å². The van der Waals surface area contributed by atoms with Gasteiger partial charge in [-0.2, -0.15) is 0 Å². The van der Waals surface area contributed by atoms with E-state index >= 15 is 0 Å². The van der Waals surface area contributed by atoms with Gasteiger partial charge in [0, 0.05) is 43.5 Å². The maximum Gasteiger partial charge on any atom is 0.319 e. The molecule has 1 fully saturated rings. The van der Waals surface area contributed by atoms with Crippen LogP contribution in [-0.2, 0) is 0 Å². The topological polar surface area (TPSA) is 64.7 Å². The molecular formula is C20H32N4O2. The van der Waals surface area contributed by atoms with Crippen molar-refractivity contribution in [3.05, 3.63) is 29.8 Å². The highest BCUT2D eigenvalue weighted by molar-refractivity contribution is 5.97. The van der Waals surface area contributed by atoms with Gasteiger partial charge < -0.3 is 15.5 Å². The minimum Gasteiger partial charge on any atom is -0.336 e. The van der Waals surface area contributed by atoms with Crippen molar-refractivity contribution in [1.29, 1.82) is 0 Å². The van der Waals surface area contributed by atoms with E-state index in [-0.39, 0.29) is 18.0 Å². The molecule has 1 aromatic rings. The molecule has 1 aromatic carbocycles. The van der Waals surface area contributed by atoms with Crippen LogP contribution in [-0.4, -0.2) is 60.5 Å². The molecule has 0 unspecified atom stereocenters. The molecule has 1 saturated heterocycles. The molecule has 1 aliphatic rings. The highest BCUT2D eigenvalue weighted by Gasteiger charge is 2.22. The lowest BCUT2D eigenvalue weighted by atomic mass is 10.1. The Morgan fingerprint density at radius 3 is 2.38 bits per heavy atom. The molecule has 6 heteroatoms. The molecule has 6 nitrogen and oxygen atoms in total.